The Morgan fingerprint density at radius 3 is 2.72 bits per heavy atom. The summed E-state index contributed by atoms with van der Waals surface area (Å²) in [6.07, 6.45) is 5.38. The summed E-state index contributed by atoms with van der Waals surface area (Å²) >= 11 is 14.1. The molecule has 6 nitrogen and oxygen atoms in total. The van der Waals surface area contributed by atoms with Gasteiger partial charge < -0.3 is 4.57 Å². The van der Waals surface area contributed by atoms with Gasteiger partial charge in [-0.1, -0.05) is 40.5 Å². The van der Waals surface area contributed by atoms with Gasteiger partial charge >= 0.3 is 0 Å². The van der Waals surface area contributed by atoms with Gasteiger partial charge in [-0.05, 0) is 12.1 Å². The molecule has 0 aliphatic rings. The molecule has 0 aliphatic heterocycles. The largest absolute Gasteiger partial charge is 0.304 e. The van der Waals surface area contributed by atoms with Gasteiger partial charge in [0.15, 0.2) is 4.80 Å². The molecule has 2 aromatic heterocycles. The summed E-state index contributed by atoms with van der Waals surface area (Å²) in [4.78, 5) is 27.3. The van der Waals surface area contributed by atoms with Crippen LogP contribution in [0.1, 0.15) is 10.4 Å². The van der Waals surface area contributed by atoms with Crippen molar-refractivity contribution < 1.29 is 9.72 Å². The molecule has 3 aromatic rings. The average Bonchev–Trinajstić information content (AvgIpc) is 3.07. The first kappa shape index (κ1) is 17.6. The number of fused-ring (bicyclic) bond motifs is 1. The number of nitrogens with zero attached hydrogens (tertiary/aromatic N) is 3. The van der Waals surface area contributed by atoms with Crippen molar-refractivity contribution in [2.45, 2.75) is 6.54 Å². The van der Waals surface area contributed by atoms with Gasteiger partial charge in [-0.15, -0.1) is 17.8 Å². The van der Waals surface area contributed by atoms with Crippen LogP contribution in [-0.4, -0.2) is 15.4 Å². The van der Waals surface area contributed by atoms with E-state index in [9.17, 15) is 14.9 Å². The molecule has 1 amide bonds. The predicted molar refractivity (Wildman–Crippen MR) is 99.5 cm³/mol. The summed E-state index contributed by atoms with van der Waals surface area (Å²) in [5, 5.41) is 11.0. The zero-order valence-corrected chi connectivity index (χ0v) is 15.4. The first-order valence-corrected chi connectivity index (χ1v) is 9.04. The van der Waals surface area contributed by atoms with E-state index < -0.39 is 10.8 Å². The van der Waals surface area contributed by atoms with Crippen molar-refractivity contribution in [3.8, 4) is 12.3 Å². The second-order valence-electron chi connectivity index (χ2n) is 4.74. The van der Waals surface area contributed by atoms with E-state index in [0.717, 1.165) is 16.0 Å². The lowest BCUT2D eigenvalue weighted by molar-refractivity contribution is -0.384. The Morgan fingerprint density at radius 1 is 1.36 bits per heavy atom. The molecule has 0 N–H and O–H groups in total. The lowest BCUT2D eigenvalue weighted by Gasteiger charge is -1.99. The van der Waals surface area contributed by atoms with E-state index in [2.05, 4.69) is 10.9 Å². The zero-order chi connectivity index (χ0) is 18.1. The number of nitro groups is 1. The molecule has 25 heavy (non-hydrogen) atoms. The number of carbonyl (C=O) groups excluding carboxylic acids is 1. The number of thiazole rings is 1. The second kappa shape index (κ2) is 6.98. The number of terminal acetylenes is 1. The van der Waals surface area contributed by atoms with E-state index in [1.807, 2.05) is 0 Å². The molecule has 0 atom stereocenters. The Hall–Kier alpha value is -2.18. The number of thiophene rings is 1. The molecule has 0 spiro atoms. The van der Waals surface area contributed by atoms with Gasteiger partial charge in [0.1, 0.15) is 4.34 Å². The van der Waals surface area contributed by atoms with Crippen LogP contribution in [0.3, 0.4) is 0 Å². The summed E-state index contributed by atoms with van der Waals surface area (Å²) in [6, 6.07) is 5.84. The van der Waals surface area contributed by atoms with Crippen LogP contribution >= 0.6 is 45.9 Å². The molecule has 0 radical (unpaired) electrons. The maximum Gasteiger partial charge on any atom is 0.282 e. The molecule has 0 saturated carbocycles. The normalized spacial score (nSPS) is 11.6. The first-order chi connectivity index (χ1) is 11.9. The molecule has 0 aliphatic carbocycles. The van der Waals surface area contributed by atoms with Crippen molar-refractivity contribution in [2.75, 3.05) is 0 Å². The van der Waals surface area contributed by atoms with Gasteiger partial charge in [0, 0.05) is 12.1 Å². The number of benzene rings is 1. The smallest absolute Gasteiger partial charge is 0.282 e. The number of non-ortho nitro benzene ring substituents is 1. The third kappa shape index (κ3) is 3.45. The van der Waals surface area contributed by atoms with Crippen LogP contribution in [0.15, 0.2) is 29.3 Å². The lowest BCUT2D eigenvalue weighted by atomic mass is 10.3. The molecule has 10 heteroatoms. The minimum atomic E-state index is -0.556. The van der Waals surface area contributed by atoms with Gasteiger partial charge in [0.2, 0.25) is 0 Å². The standard InChI is InChI=1S/C15H7Cl2N3O3S2/c1-2-5-19-10-6-8(20(22)23)3-4-11(10)24-15(19)18-14(21)9-7-12(16)25-13(9)17/h1,3-4,6-7H,5H2. The third-order valence-electron chi connectivity index (χ3n) is 3.21. The fraction of sp³-hybridized carbons (Fsp3) is 0.0667. The fourth-order valence-corrected chi connectivity index (χ4v) is 4.59. The Morgan fingerprint density at radius 2 is 2.12 bits per heavy atom. The van der Waals surface area contributed by atoms with E-state index >= 15 is 0 Å². The van der Waals surface area contributed by atoms with Crippen molar-refractivity contribution in [3.05, 3.63) is 53.4 Å². The number of aromatic nitrogens is 1. The highest BCUT2D eigenvalue weighted by atomic mass is 35.5. The van der Waals surface area contributed by atoms with Crippen LogP contribution in [0.2, 0.25) is 8.67 Å². The minimum absolute atomic E-state index is 0.0680. The Labute approximate surface area is 159 Å². The summed E-state index contributed by atoms with van der Waals surface area (Å²) in [6.45, 7) is 0.116. The van der Waals surface area contributed by atoms with Crippen molar-refractivity contribution in [3.63, 3.8) is 0 Å². The number of carbonyl (C=O) groups is 1. The summed E-state index contributed by atoms with van der Waals surface area (Å²) < 4.78 is 2.93. The fourth-order valence-electron chi connectivity index (χ4n) is 2.13. The Kier molecular flexibility index (Phi) is 4.92. The lowest BCUT2D eigenvalue weighted by Crippen LogP contribution is -2.16. The van der Waals surface area contributed by atoms with Gasteiger partial charge in [0.05, 0.1) is 31.6 Å². The van der Waals surface area contributed by atoms with Crippen molar-refractivity contribution >= 4 is 67.7 Å². The van der Waals surface area contributed by atoms with Crippen molar-refractivity contribution in [1.82, 2.24) is 4.57 Å². The first-order valence-electron chi connectivity index (χ1n) is 6.66. The molecular formula is C15H7Cl2N3O3S2. The number of rotatable bonds is 3. The molecule has 0 fully saturated rings. The number of hydrogen-bond acceptors (Lipinski definition) is 5. The quantitative estimate of drug-likeness (QED) is 0.365. The van der Waals surface area contributed by atoms with Crippen LogP contribution in [0, 0.1) is 22.5 Å². The molecule has 0 unspecified atom stereocenters. The minimum Gasteiger partial charge on any atom is -0.304 e. The highest BCUT2D eigenvalue weighted by molar-refractivity contribution is 7.20. The van der Waals surface area contributed by atoms with Gasteiger partial charge in [0.25, 0.3) is 11.6 Å². The zero-order valence-electron chi connectivity index (χ0n) is 12.2. The molecule has 0 bridgehead atoms. The molecule has 1 aromatic carbocycles. The number of amides is 1. The van der Waals surface area contributed by atoms with E-state index in [1.54, 1.807) is 10.6 Å². The number of hydrogen-bond donors (Lipinski definition) is 0. The predicted octanol–water partition coefficient (Wildman–Crippen LogP) is 4.35. The molecule has 126 valence electrons. The Bertz CT molecular complexity index is 1120. The van der Waals surface area contributed by atoms with Crippen LogP contribution in [0.25, 0.3) is 10.2 Å². The maximum absolute atomic E-state index is 12.4. The van der Waals surface area contributed by atoms with Gasteiger partial charge in [-0.25, -0.2) is 0 Å². The van der Waals surface area contributed by atoms with Crippen LogP contribution in [-0.2, 0) is 6.54 Å². The summed E-state index contributed by atoms with van der Waals surface area (Å²) in [5.74, 6) is 1.91. The average molecular weight is 412 g/mol. The maximum atomic E-state index is 12.4. The number of halogens is 2. The van der Waals surface area contributed by atoms with Crippen molar-refractivity contribution in [2.24, 2.45) is 4.99 Å². The van der Waals surface area contributed by atoms with Gasteiger partial charge in [-0.3, -0.25) is 14.9 Å². The van der Waals surface area contributed by atoms with E-state index in [0.29, 0.717) is 14.7 Å². The van der Waals surface area contributed by atoms with Crippen LogP contribution in [0.4, 0.5) is 5.69 Å². The second-order valence-corrected chi connectivity index (χ2v) is 8.03. The molecule has 0 saturated heterocycles. The number of nitro benzene ring substituents is 1. The van der Waals surface area contributed by atoms with Crippen molar-refractivity contribution in [1.29, 1.82) is 0 Å². The molecular weight excluding hydrogens is 405 g/mol. The summed E-state index contributed by atoms with van der Waals surface area (Å²) in [5.41, 5.74) is 0.673. The third-order valence-corrected chi connectivity index (χ3v) is 5.76. The molecule has 3 rings (SSSR count). The van der Waals surface area contributed by atoms with E-state index in [-0.39, 0.29) is 22.1 Å². The monoisotopic (exact) mass is 411 g/mol. The van der Waals surface area contributed by atoms with Gasteiger partial charge in [-0.2, -0.15) is 4.99 Å². The van der Waals surface area contributed by atoms with E-state index in [1.165, 1.54) is 29.5 Å². The SMILES string of the molecule is C#CCn1c(=NC(=O)c2cc(Cl)sc2Cl)sc2ccc([N+](=O)[O-])cc21. The highest BCUT2D eigenvalue weighted by Gasteiger charge is 2.16. The van der Waals surface area contributed by atoms with Crippen LogP contribution in [0.5, 0.6) is 0 Å². The summed E-state index contributed by atoms with van der Waals surface area (Å²) in [7, 11) is 0. The van der Waals surface area contributed by atoms with Crippen LogP contribution < -0.4 is 4.80 Å². The highest BCUT2D eigenvalue weighted by Crippen LogP contribution is 2.31. The molecule has 2 heterocycles. The topological polar surface area (TPSA) is 77.5 Å². The Balaban J connectivity index is 2.19. The van der Waals surface area contributed by atoms with E-state index in [4.69, 9.17) is 29.6 Å².